The Labute approximate surface area is 176 Å². The van der Waals surface area contributed by atoms with Crippen molar-refractivity contribution in [2.75, 3.05) is 11.4 Å². The zero-order valence-electron chi connectivity index (χ0n) is 16.4. The highest BCUT2D eigenvalue weighted by molar-refractivity contribution is 6.31. The number of imidazole rings is 1. The van der Waals surface area contributed by atoms with Crippen LogP contribution in [0.5, 0.6) is 0 Å². The summed E-state index contributed by atoms with van der Waals surface area (Å²) in [4.78, 5) is 33.1. The number of nitrogens with zero attached hydrogens (tertiary/aromatic N) is 5. The number of aryl methyl sites for hydroxylation is 2. The van der Waals surface area contributed by atoms with Crippen LogP contribution < -0.4 is 16.1 Å². The highest BCUT2D eigenvalue weighted by atomic mass is 35.5. The third kappa shape index (κ3) is 2.95. The molecule has 1 aliphatic heterocycles. The fourth-order valence-electron chi connectivity index (χ4n) is 4.01. The fraction of sp³-hybridized carbons (Fsp3) is 0.286. The van der Waals surface area contributed by atoms with Gasteiger partial charge in [0.15, 0.2) is 11.2 Å². The van der Waals surface area contributed by atoms with Crippen LogP contribution in [0.3, 0.4) is 0 Å². The fourth-order valence-corrected chi connectivity index (χ4v) is 4.21. The van der Waals surface area contributed by atoms with Crippen molar-refractivity contribution < 1.29 is 4.42 Å². The van der Waals surface area contributed by atoms with Crippen LogP contribution >= 0.6 is 11.6 Å². The molecule has 0 radical (unpaired) electrons. The van der Waals surface area contributed by atoms with Crippen LogP contribution in [0.1, 0.15) is 17.7 Å². The molecule has 0 N–H and O–H groups in total. The third-order valence-corrected chi connectivity index (χ3v) is 5.89. The Balaban J connectivity index is 1.66. The Morgan fingerprint density at radius 2 is 1.93 bits per heavy atom. The van der Waals surface area contributed by atoms with E-state index in [1.54, 1.807) is 19.4 Å². The van der Waals surface area contributed by atoms with Gasteiger partial charge in [0.1, 0.15) is 5.76 Å². The molecule has 0 bridgehead atoms. The maximum Gasteiger partial charge on any atom is 0.332 e. The number of aromatic nitrogens is 4. The van der Waals surface area contributed by atoms with Crippen LogP contribution in [0.25, 0.3) is 11.2 Å². The molecule has 0 unspecified atom stereocenters. The first-order valence-corrected chi connectivity index (χ1v) is 10.1. The van der Waals surface area contributed by atoms with Gasteiger partial charge in [-0.05, 0) is 30.2 Å². The second-order valence-corrected chi connectivity index (χ2v) is 7.82. The lowest BCUT2D eigenvalue weighted by molar-refractivity contribution is 0.481. The quantitative estimate of drug-likeness (QED) is 0.502. The molecular formula is C21H20ClN5O3. The van der Waals surface area contributed by atoms with E-state index in [9.17, 15) is 9.59 Å². The minimum Gasteiger partial charge on any atom is -0.467 e. The van der Waals surface area contributed by atoms with E-state index >= 15 is 0 Å². The maximum atomic E-state index is 13.4. The SMILES string of the molecule is Cn1c(=O)n(Cc2ccccc2Cl)c(=O)c2c1nc1n2CCCN1Cc1ccco1. The van der Waals surface area contributed by atoms with E-state index in [4.69, 9.17) is 16.0 Å². The molecule has 30 heavy (non-hydrogen) atoms. The zero-order valence-corrected chi connectivity index (χ0v) is 17.2. The Kier molecular flexibility index (Phi) is 4.51. The van der Waals surface area contributed by atoms with Gasteiger partial charge < -0.3 is 13.9 Å². The summed E-state index contributed by atoms with van der Waals surface area (Å²) < 4.78 is 10.0. The molecule has 4 aromatic rings. The maximum absolute atomic E-state index is 13.4. The normalized spacial score (nSPS) is 13.7. The van der Waals surface area contributed by atoms with Crippen LogP contribution in [0.15, 0.2) is 56.7 Å². The number of fused-ring (bicyclic) bond motifs is 3. The number of benzene rings is 1. The lowest BCUT2D eigenvalue weighted by atomic mass is 10.2. The number of hydrogen-bond acceptors (Lipinski definition) is 5. The first kappa shape index (κ1) is 18.7. The second-order valence-electron chi connectivity index (χ2n) is 7.41. The van der Waals surface area contributed by atoms with Crippen LogP contribution in [0, 0.1) is 0 Å². The highest BCUT2D eigenvalue weighted by Gasteiger charge is 2.26. The van der Waals surface area contributed by atoms with Crippen molar-refractivity contribution in [1.29, 1.82) is 0 Å². The zero-order chi connectivity index (χ0) is 20.8. The average molecular weight is 426 g/mol. The van der Waals surface area contributed by atoms with Crippen molar-refractivity contribution in [2.24, 2.45) is 7.05 Å². The van der Waals surface area contributed by atoms with Gasteiger partial charge in [0.2, 0.25) is 5.95 Å². The molecule has 0 amide bonds. The number of halogens is 1. The van der Waals surface area contributed by atoms with Crippen LogP contribution in [-0.2, 0) is 26.7 Å². The summed E-state index contributed by atoms with van der Waals surface area (Å²) in [6.07, 6.45) is 2.51. The van der Waals surface area contributed by atoms with E-state index in [2.05, 4.69) is 9.88 Å². The van der Waals surface area contributed by atoms with Gasteiger partial charge in [-0.25, -0.2) is 4.79 Å². The van der Waals surface area contributed by atoms with E-state index in [-0.39, 0.29) is 12.1 Å². The number of hydrogen-bond donors (Lipinski definition) is 0. The molecule has 0 atom stereocenters. The van der Waals surface area contributed by atoms with Crippen LogP contribution in [0.2, 0.25) is 5.02 Å². The lowest BCUT2D eigenvalue weighted by Gasteiger charge is -2.28. The third-order valence-electron chi connectivity index (χ3n) is 5.52. The van der Waals surface area contributed by atoms with E-state index in [1.807, 2.05) is 34.9 Å². The van der Waals surface area contributed by atoms with E-state index in [0.29, 0.717) is 35.2 Å². The molecule has 5 rings (SSSR count). The molecule has 0 saturated heterocycles. The van der Waals surface area contributed by atoms with Crippen LogP contribution in [0.4, 0.5) is 5.95 Å². The summed E-state index contributed by atoms with van der Waals surface area (Å²) in [6, 6.07) is 11.0. The standard InChI is InChI=1S/C21H20ClN5O3/c1-24-18-17(19(28)27(21(24)29)12-14-6-2-3-8-16(14)22)26-10-5-9-25(20(26)23-18)13-15-7-4-11-30-15/h2-4,6-8,11H,5,9-10,12-13H2,1H3. The molecule has 3 aromatic heterocycles. The van der Waals surface area contributed by atoms with E-state index < -0.39 is 5.69 Å². The van der Waals surface area contributed by atoms with Crippen molar-refractivity contribution in [2.45, 2.75) is 26.1 Å². The molecule has 0 saturated carbocycles. The predicted molar refractivity (Wildman–Crippen MR) is 114 cm³/mol. The van der Waals surface area contributed by atoms with Gasteiger partial charge in [-0.15, -0.1) is 0 Å². The molecule has 0 aliphatic carbocycles. The molecule has 0 fully saturated rings. The summed E-state index contributed by atoms with van der Waals surface area (Å²) in [5.74, 6) is 1.50. The van der Waals surface area contributed by atoms with Crippen molar-refractivity contribution in [1.82, 2.24) is 18.7 Å². The van der Waals surface area contributed by atoms with Crippen molar-refractivity contribution in [3.05, 3.63) is 79.8 Å². The highest BCUT2D eigenvalue weighted by Crippen LogP contribution is 2.26. The molecule has 1 aliphatic rings. The summed E-state index contributed by atoms with van der Waals surface area (Å²) in [5.41, 5.74) is 0.771. The van der Waals surface area contributed by atoms with Gasteiger partial charge >= 0.3 is 5.69 Å². The molecule has 9 heteroatoms. The van der Waals surface area contributed by atoms with Gasteiger partial charge in [-0.1, -0.05) is 29.8 Å². The van der Waals surface area contributed by atoms with Crippen molar-refractivity contribution in [3.63, 3.8) is 0 Å². The summed E-state index contributed by atoms with van der Waals surface area (Å²) in [5, 5.41) is 0.520. The molecular weight excluding hydrogens is 406 g/mol. The smallest absolute Gasteiger partial charge is 0.332 e. The largest absolute Gasteiger partial charge is 0.467 e. The van der Waals surface area contributed by atoms with Crippen LogP contribution in [-0.4, -0.2) is 25.2 Å². The number of furan rings is 1. The summed E-state index contributed by atoms with van der Waals surface area (Å²) >= 11 is 6.26. The molecule has 4 heterocycles. The summed E-state index contributed by atoms with van der Waals surface area (Å²) in [6.45, 7) is 2.13. The Bertz CT molecular complexity index is 1350. The first-order valence-electron chi connectivity index (χ1n) is 9.75. The second kappa shape index (κ2) is 7.21. The Morgan fingerprint density at radius 1 is 1.10 bits per heavy atom. The number of anilines is 1. The molecule has 0 spiro atoms. The van der Waals surface area contributed by atoms with E-state index in [1.165, 1.54) is 9.13 Å². The van der Waals surface area contributed by atoms with Crippen molar-refractivity contribution in [3.8, 4) is 0 Å². The van der Waals surface area contributed by atoms with Gasteiger partial charge in [0.25, 0.3) is 5.56 Å². The topological polar surface area (TPSA) is 78.2 Å². The Hall–Kier alpha value is -3.26. The molecule has 8 nitrogen and oxygen atoms in total. The Morgan fingerprint density at radius 3 is 2.70 bits per heavy atom. The van der Waals surface area contributed by atoms with E-state index in [0.717, 1.165) is 24.3 Å². The summed E-state index contributed by atoms with van der Waals surface area (Å²) in [7, 11) is 1.64. The lowest BCUT2D eigenvalue weighted by Crippen LogP contribution is -2.40. The monoisotopic (exact) mass is 425 g/mol. The predicted octanol–water partition coefficient (Wildman–Crippen LogP) is 2.60. The van der Waals surface area contributed by atoms with Crippen molar-refractivity contribution >= 4 is 28.7 Å². The first-order chi connectivity index (χ1) is 14.5. The average Bonchev–Trinajstić information content (AvgIpc) is 3.39. The van der Waals surface area contributed by atoms with Gasteiger partial charge in [-0.3, -0.25) is 13.9 Å². The molecule has 154 valence electrons. The van der Waals surface area contributed by atoms with Gasteiger partial charge in [0.05, 0.1) is 19.4 Å². The number of rotatable bonds is 4. The van der Waals surface area contributed by atoms with Gasteiger partial charge in [0, 0.05) is 25.2 Å². The minimum atomic E-state index is -0.416. The van der Waals surface area contributed by atoms with Gasteiger partial charge in [-0.2, -0.15) is 4.98 Å². The minimum absolute atomic E-state index is 0.109. The molecule has 1 aromatic carbocycles.